The molecule has 0 spiro atoms. The number of nitrogens with one attached hydrogen (secondary N) is 2. The SMILES string of the molecule is CC(NC(=O)C1N2C(=O)c3ccccc3C2SC1(C)C)C(=O)Nc1nccs1. The van der Waals surface area contributed by atoms with Crippen LogP contribution in [-0.4, -0.2) is 44.4 Å². The molecule has 146 valence electrons. The molecule has 1 aromatic heterocycles. The predicted molar refractivity (Wildman–Crippen MR) is 109 cm³/mol. The van der Waals surface area contributed by atoms with Crippen molar-refractivity contribution < 1.29 is 14.4 Å². The summed E-state index contributed by atoms with van der Waals surface area (Å²) in [4.78, 5) is 44.1. The number of thiazole rings is 1. The number of anilines is 1. The number of nitrogens with zero attached hydrogens (tertiary/aromatic N) is 2. The molecule has 2 aromatic rings. The highest BCUT2D eigenvalue weighted by Gasteiger charge is 2.57. The molecule has 3 heterocycles. The van der Waals surface area contributed by atoms with Crippen molar-refractivity contribution in [3.8, 4) is 0 Å². The second-order valence-electron chi connectivity index (χ2n) is 7.33. The van der Waals surface area contributed by atoms with Gasteiger partial charge in [-0.25, -0.2) is 4.98 Å². The molecule has 0 aliphatic carbocycles. The number of benzene rings is 1. The molecular weight excluding hydrogens is 396 g/mol. The van der Waals surface area contributed by atoms with Crippen LogP contribution in [0.15, 0.2) is 35.8 Å². The maximum Gasteiger partial charge on any atom is 0.256 e. The molecule has 1 fully saturated rings. The molecule has 0 saturated carbocycles. The molecule has 9 heteroatoms. The van der Waals surface area contributed by atoms with E-state index >= 15 is 0 Å². The largest absolute Gasteiger partial charge is 0.343 e. The Balaban J connectivity index is 1.52. The van der Waals surface area contributed by atoms with Crippen LogP contribution in [0.5, 0.6) is 0 Å². The number of carbonyl (C=O) groups excluding carboxylic acids is 3. The lowest BCUT2D eigenvalue weighted by Gasteiger charge is -2.30. The van der Waals surface area contributed by atoms with E-state index in [1.54, 1.807) is 41.2 Å². The van der Waals surface area contributed by atoms with Crippen molar-refractivity contribution in [3.05, 3.63) is 47.0 Å². The van der Waals surface area contributed by atoms with Crippen molar-refractivity contribution in [2.24, 2.45) is 0 Å². The van der Waals surface area contributed by atoms with Gasteiger partial charge in [0.25, 0.3) is 5.91 Å². The van der Waals surface area contributed by atoms with Crippen molar-refractivity contribution >= 4 is 46.0 Å². The first-order chi connectivity index (χ1) is 13.3. The van der Waals surface area contributed by atoms with Gasteiger partial charge in [0.15, 0.2) is 5.13 Å². The second-order valence-corrected chi connectivity index (χ2v) is 9.96. The zero-order valence-electron chi connectivity index (χ0n) is 15.6. The number of carbonyl (C=O) groups is 3. The van der Waals surface area contributed by atoms with Gasteiger partial charge in [0.1, 0.15) is 17.5 Å². The van der Waals surface area contributed by atoms with Gasteiger partial charge >= 0.3 is 0 Å². The van der Waals surface area contributed by atoms with Crippen LogP contribution < -0.4 is 10.6 Å². The fourth-order valence-electron chi connectivity index (χ4n) is 3.66. The Kier molecular flexibility index (Phi) is 4.67. The van der Waals surface area contributed by atoms with Crippen LogP contribution in [-0.2, 0) is 9.59 Å². The average molecular weight is 417 g/mol. The number of aromatic nitrogens is 1. The maximum absolute atomic E-state index is 13.1. The molecule has 4 rings (SSSR count). The Bertz CT molecular complexity index is 944. The van der Waals surface area contributed by atoms with Crippen LogP contribution in [0.1, 0.15) is 42.1 Å². The Morgan fingerprint density at radius 3 is 2.75 bits per heavy atom. The molecule has 2 aliphatic rings. The molecule has 0 bridgehead atoms. The van der Waals surface area contributed by atoms with Gasteiger partial charge in [-0.2, -0.15) is 0 Å². The summed E-state index contributed by atoms with van der Waals surface area (Å²) in [6, 6.07) is 6.04. The predicted octanol–water partition coefficient (Wildman–Crippen LogP) is 2.63. The minimum Gasteiger partial charge on any atom is -0.343 e. The van der Waals surface area contributed by atoms with E-state index in [1.165, 1.54) is 11.3 Å². The van der Waals surface area contributed by atoms with E-state index in [4.69, 9.17) is 0 Å². The number of rotatable bonds is 4. The summed E-state index contributed by atoms with van der Waals surface area (Å²) in [5.74, 6) is -0.819. The Morgan fingerprint density at radius 2 is 2.04 bits per heavy atom. The normalized spacial score (nSPS) is 23.1. The summed E-state index contributed by atoms with van der Waals surface area (Å²) in [7, 11) is 0. The van der Waals surface area contributed by atoms with Crippen LogP contribution in [0.4, 0.5) is 5.13 Å². The third-order valence-corrected chi connectivity index (χ3v) is 7.18. The van der Waals surface area contributed by atoms with Crippen LogP contribution in [0.25, 0.3) is 0 Å². The van der Waals surface area contributed by atoms with Crippen molar-refractivity contribution in [3.63, 3.8) is 0 Å². The Labute approximate surface area is 170 Å². The molecule has 2 aliphatic heterocycles. The lowest BCUT2D eigenvalue weighted by atomic mass is 10.0. The van der Waals surface area contributed by atoms with E-state index in [9.17, 15) is 14.4 Å². The first-order valence-electron chi connectivity index (χ1n) is 8.90. The standard InChI is InChI=1S/C19H20N4O3S2/c1-10(14(24)22-18-20-8-9-27-18)21-15(25)13-19(2,3)28-17-12-7-5-4-6-11(12)16(26)23(13)17/h4-10,13,17H,1-3H3,(H,21,25)(H,20,22,24). The highest BCUT2D eigenvalue weighted by Crippen LogP contribution is 2.56. The van der Waals surface area contributed by atoms with Gasteiger partial charge in [0.2, 0.25) is 11.8 Å². The summed E-state index contributed by atoms with van der Waals surface area (Å²) >= 11 is 2.90. The van der Waals surface area contributed by atoms with Crippen LogP contribution in [0.2, 0.25) is 0 Å². The second kappa shape index (κ2) is 6.89. The van der Waals surface area contributed by atoms with E-state index in [0.29, 0.717) is 10.7 Å². The summed E-state index contributed by atoms with van der Waals surface area (Å²) in [5.41, 5.74) is 1.58. The third-order valence-electron chi connectivity index (χ3n) is 4.96. The number of fused-ring (bicyclic) bond motifs is 3. The first-order valence-corrected chi connectivity index (χ1v) is 10.7. The van der Waals surface area contributed by atoms with Crippen molar-refractivity contribution in [2.75, 3.05) is 5.32 Å². The molecule has 3 atom stereocenters. The molecule has 2 N–H and O–H groups in total. The van der Waals surface area contributed by atoms with E-state index in [-0.39, 0.29) is 23.1 Å². The smallest absolute Gasteiger partial charge is 0.256 e. The quantitative estimate of drug-likeness (QED) is 0.800. The zero-order valence-corrected chi connectivity index (χ0v) is 17.3. The highest BCUT2D eigenvalue weighted by atomic mass is 32.2. The fourth-order valence-corrected chi connectivity index (χ4v) is 5.78. The minimum absolute atomic E-state index is 0.140. The Morgan fingerprint density at radius 1 is 1.29 bits per heavy atom. The van der Waals surface area contributed by atoms with Gasteiger partial charge in [0, 0.05) is 21.9 Å². The molecule has 3 amide bonds. The third kappa shape index (κ3) is 3.08. The molecule has 3 unspecified atom stereocenters. The van der Waals surface area contributed by atoms with Crippen LogP contribution in [0.3, 0.4) is 0 Å². The van der Waals surface area contributed by atoms with Crippen molar-refractivity contribution in [1.29, 1.82) is 0 Å². The van der Waals surface area contributed by atoms with E-state index < -0.39 is 16.8 Å². The molecule has 0 radical (unpaired) electrons. The zero-order chi connectivity index (χ0) is 20.1. The summed E-state index contributed by atoms with van der Waals surface area (Å²) in [5, 5.41) is 7.50. The minimum atomic E-state index is -0.753. The van der Waals surface area contributed by atoms with E-state index in [1.807, 2.05) is 32.0 Å². The number of hydrogen-bond acceptors (Lipinski definition) is 6. The lowest BCUT2D eigenvalue weighted by molar-refractivity contribution is -0.129. The topological polar surface area (TPSA) is 91.4 Å². The summed E-state index contributed by atoms with van der Waals surface area (Å²) in [6.45, 7) is 5.53. The fraction of sp³-hybridized carbons (Fsp3) is 0.368. The maximum atomic E-state index is 13.1. The molecular formula is C19H20N4O3S2. The van der Waals surface area contributed by atoms with Gasteiger partial charge in [0.05, 0.1) is 0 Å². The van der Waals surface area contributed by atoms with Gasteiger partial charge in [-0.3, -0.25) is 14.4 Å². The molecule has 7 nitrogen and oxygen atoms in total. The van der Waals surface area contributed by atoms with Gasteiger partial charge in [-0.15, -0.1) is 23.1 Å². The summed E-state index contributed by atoms with van der Waals surface area (Å²) < 4.78 is -0.483. The van der Waals surface area contributed by atoms with Crippen molar-refractivity contribution in [1.82, 2.24) is 15.2 Å². The number of thioether (sulfide) groups is 1. The number of hydrogen-bond donors (Lipinski definition) is 2. The van der Waals surface area contributed by atoms with Gasteiger partial charge in [-0.05, 0) is 32.4 Å². The van der Waals surface area contributed by atoms with Gasteiger partial charge < -0.3 is 15.5 Å². The van der Waals surface area contributed by atoms with E-state index in [2.05, 4.69) is 15.6 Å². The van der Waals surface area contributed by atoms with Crippen LogP contribution >= 0.6 is 23.1 Å². The Hall–Kier alpha value is -2.39. The molecule has 28 heavy (non-hydrogen) atoms. The lowest BCUT2D eigenvalue weighted by Crippen LogP contribution is -2.55. The van der Waals surface area contributed by atoms with Gasteiger partial charge in [-0.1, -0.05) is 18.2 Å². The monoisotopic (exact) mass is 416 g/mol. The van der Waals surface area contributed by atoms with E-state index in [0.717, 1.165) is 5.56 Å². The first kappa shape index (κ1) is 18.9. The average Bonchev–Trinajstić information content (AvgIpc) is 3.31. The van der Waals surface area contributed by atoms with Crippen molar-refractivity contribution in [2.45, 2.75) is 43.0 Å². The van der Waals surface area contributed by atoms with Crippen LogP contribution in [0, 0.1) is 0 Å². The number of amides is 3. The highest BCUT2D eigenvalue weighted by molar-refractivity contribution is 8.01. The molecule has 1 saturated heterocycles. The molecule has 1 aromatic carbocycles. The summed E-state index contributed by atoms with van der Waals surface area (Å²) in [6.07, 6.45) is 1.60.